The second-order valence-electron chi connectivity index (χ2n) is 6.54. The summed E-state index contributed by atoms with van der Waals surface area (Å²) >= 11 is 1.19. The summed E-state index contributed by atoms with van der Waals surface area (Å²) in [7, 11) is 1.86. The van der Waals surface area contributed by atoms with Gasteiger partial charge >= 0.3 is 0 Å². The molecule has 3 rings (SSSR count). The Bertz CT molecular complexity index is 994. The molecule has 0 aliphatic carbocycles. The highest BCUT2D eigenvalue weighted by Gasteiger charge is 2.17. The van der Waals surface area contributed by atoms with Crippen molar-refractivity contribution in [3.05, 3.63) is 35.4 Å². The molecule has 1 aromatic carbocycles. The van der Waals surface area contributed by atoms with Crippen LogP contribution >= 0.6 is 11.3 Å². The molecule has 10 heteroatoms. The molecule has 0 saturated carbocycles. The van der Waals surface area contributed by atoms with E-state index in [1.54, 1.807) is 6.07 Å². The number of aromatic nitrogens is 3. The summed E-state index contributed by atoms with van der Waals surface area (Å²) in [6.45, 7) is 5.09. The number of thiazole rings is 1. The van der Waals surface area contributed by atoms with Crippen molar-refractivity contribution in [2.75, 3.05) is 25.5 Å². The fourth-order valence-electron chi connectivity index (χ4n) is 2.56. The number of hydrogen-bond donors (Lipinski definition) is 3. The van der Waals surface area contributed by atoms with Crippen LogP contribution in [0.1, 0.15) is 30.1 Å². The van der Waals surface area contributed by atoms with Gasteiger partial charge in [-0.2, -0.15) is 0 Å². The molecule has 0 aliphatic rings. The van der Waals surface area contributed by atoms with Crippen LogP contribution in [0.15, 0.2) is 24.5 Å². The molecular formula is C19H23FN6O2S. The average Bonchev–Trinajstić information content (AvgIpc) is 3.12. The van der Waals surface area contributed by atoms with Crippen molar-refractivity contribution < 1.29 is 13.9 Å². The van der Waals surface area contributed by atoms with Crippen LogP contribution < -0.4 is 20.7 Å². The summed E-state index contributed by atoms with van der Waals surface area (Å²) in [5, 5.41) is 9.30. The van der Waals surface area contributed by atoms with Crippen LogP contribution in [0.5, 0.6) is 5.75 Å². The number of carbonyl (C=O) groups excluding carboxylic acids is 1. The number of nitrogens with one attached hydrogen (secondary N) is 3. The Morgan fingerprint density at radius 1 is 1.28 bits per heavy atom. The van der Waals surface area contributed by atoms with Gasteiger partial charge in [-0.25, -0.2) is 19.3 Å². The Labute approximate surface area is 171 Å². The molecule has 2 heterocycles. The minimum atomic E-state index is -0.398. The van der Waals surface area contributed by atoms with Crippen molar-refractivity contribution >= 4 is 39.1 Å². The summed E-state index contributed by atoms with van der Waals surface area (Å²) in [6.07, 6.45) is 2.09. The summed E-state index contributed by atoms with van der Waals surface area (Å²) in [5.74, 6) is 0.135. The van der Waals surface area contributed by atoms with Gasteiger partial charge in [-0.3, -0.25) is 4.79 Å². The van der Waals surface area contributed by atoms with Crippen LogP contribution in [-0.2, 0) is 0 Å². The van der Waals surface area contributed by atoms with Crippen molar-refractivity contribution in [1.29, 1.82) is 0 Å². The van der Waals surface area contributed by atoms with Gasteiger partial charge in [0.25, 0.3) is 5.91 Å². The maximum absolute atomic E-state index is 13.6. The second kappa shape index (κ2) is 9.57. The highest BCUT2D eigenvalue weighted by atomic mass is 32.1. The Morgan fingerprint density at radius 2 is 2.10 bits per heavy atom. The molecule has 29 heavy (non-hydrogen) atoms. The SMILES string of the molecule is CNCCCNC(=O)c1nc2c(Nc3ccc(F)cc3OC(C)C)ncnc2s1. The first-order valence-corrected chi connectivity index (χ1v) is 10.1. The van der Waals surface area contributed by atoms with Gasteiger partial charge < -0.3 is 20.7 Å². The molecule has 0 aliphatic heterocycles. The number of hydrogen-bond acceptors (Lipinski definition) is 8. The minimum absolute atomic E-state index is 0.125. The van der Waals surface area contributed by atoms with Gasteiger partial charge in [0.05, 0.1) is 11.8 Å². The summed E-state index contributed by atoms with van der Waals surface area (Å²) < 4.78 is 19.3. The van der Waals surface area contributed by atoms with Gasteiger partial charge in [0, 0.05) is 12.6 Å². The number of nitrogens with zero attached hydrogens (tertiary/aromatic N) is 3. The molecule has 0 saturated heterocycles. The monoisotopic (exact) mass is 418 g/mol. The number of fused-ring (bicyclic) bond motifs is 1. The maximum atomic E-state index is 13.6. The molecule has 3 N–H and O–H groups in total. The number of ether oxygens (including phenoxy) is 1. The van der Waals surface area contributed by atoms with E-state index >= 15 is 0 Å². The van der Waals surface area contributed by atoms with E-state index in [4.69, 9.17) is 4.74 Å². The molecule has 0 bridgehead atoms. The normalized spacial score (nSPS) is 11.1. The van der Waals surface area contributed by atoms with Crippen LogP contribution in [-0.4, -0.2) is 47.1 Å². The Kier molecular flexibility index (Phi) is 6.89. The summed E-state index contributed by atoms with van der Waals surface area (Å²) in [4.78, 5) is 25.8. The van der Waals surface area contributed by atoms with Gasteiger partial charge in [0.15, 0.2) is 10.8 Å². The maximum Gasteiger partial charge on any atom is 0.280 e. The zero-order valence-electron chi connectivity index (χ0n) is 16.5. The number of halogens is 1. The summed E-state index contributed by atoms with van der Waals surface area (Å²) in [5.41, 5.74) is 1.02. The van der Waals surface area contributed by atoms with Gasteiger partial charge in [-0.1, -0.05) is 11.3 Å². The van der Waals surface area contributed by atoms with Gasteiger partial charge in [-0.05, 0) is 46.0 Å². The lowest BCUT2D eigenvalue weighted by Crippen LogP contribution is -2.26. The highest BCUT2D eigenvalue weighted by Crippen LogP contribution is 2.32. The number of rotatable bonds is 9. The molecule has 0 unspecified atom stereocenters. The molecule has 1 amide bonds. The average molecular weight is 418 g/mol. The lowest BCUT2D eigenvalue weighted by atomic mass is 10.2. The molecule has 8 nitrogen and oxygen atoms in total. The molecular weight excluding hydrogens is 395 g/mol. The third-order valence-electron chi connectivity index (χ3n) is 3.84. The third-order valence-corrected chi connectivity index (χ3v) is 4.80. The van der Waals surface area contributed by atoms with Crippen LogP contribution in [0.4, 0.5) is 15.9 Å². The van der Waals surface area contributed by atoms with Crippen molar-refractivity contribution in [1.82, 2.24) is 25.6 Å². The minimum Gasteiger partial charge on any atom is -0.489 e. The lowest BCUT2D eigenvalue weighted by Gasteiger charge is -2.15. The van der Waals surface area contributed by atoms with Crippen molar-refractivity contribution in [2.24, 2.45) is 0 Å². The molecule has 154 valence electrons. The molecule has 3 aromatic rings. The van der Waals surface area contributed by atoms with Gasteiger partial charge in [-0.15, -0.1) is 0 Å². The van der Waals surface area contributed by atoms with Crippen molar-refractivity contribution in [3.63, 3.8) is 0 Å². The van der Waals surface area contributed by atoms with Crippen LogP contribution in [0.3, 0.4) is 0 Å². The van der Waals surface area contributed by atoms with E-state index in [0.717, 1.165) is 13.0 Å². The smallest absolute Gasteiger partial charge is 0.280 e. The highest BCUT2D eigenvalue weighted by molar-refractivity contribution is 7.19. The zero-order chi connectivity index (χ0) is 20.8. The zero-order valence-corrected chi connectivity index (χ0v) is 17.3. The topological polar surface area (TPSA) is 101 Å². The van der Waals surface area contributed by atoms with E-state index in [1.807, 2.05) is 20.9 Å². The largest absolute Gasteiger partial charge is 0.489 e. The van der Waals surface area contributed by atoms with Crippen LogP contribution in [0.2, 0.25) is 0 Å². The first-order valence-electron chi connectivity index (χ1n) is 9.25. The van der Waals surface area contributed by atoms with Gasteiger partial charge in [0.2, 0.25) is 0 Å². The van der Waals surface area contributed by atoms with E-state index in [1.165, 1.54) is 29.8 Å². The van der Waals surface area contributed by atoms with Crippen molar-refractivity contribution in [2.45, 2.75) is 26.4 Å². The van der Waals surface area contributed by atoms with Gasteiger partial charge in [0.1, 0.15) is 28.2 Å². The molecule has 0 fully saturated rings. The number of anilines is 2. The fourth-order valence-corrected chi connectivity index (χ4v) is 3.39. The summed E-state index contributed by atoms with van der Waals surface area (Å²) in [6, 6.07) is 4.22. The van der Waals surface area contributed by atoms with E-state index < -0.39 is 5.82 Å². The number of amides is 1. The lowest BCUT2D eigenvalue weighted by molar-refractivity contribution is 0.0953. The number of carbonyl (C=O) groups is 1. The predicted octanol–water partition coefficient (Wildman–Crippen LogP) is 3.10. The van der Waals surface area contributed by atoms with E-state index in [0.29, 0.717) is 39.2 Å². The van der Waals surface area contributed by atoms with E-state index in [9.17, 15) is 9.18 Å². The quantitative estimate of drug-likeness (QED) is 0.459. The van der Waals surface area contributed by atoms with Crippen LogP contribution in [0.25, 0.3) is 10.3 Å². The van der Waals surface area contributed by atoms with E-state index in [-0.39, 0.29) is 12.0 Å². The first kappa shape index (κ1) is 20.9. The van der Waals surface area contributed by atoms with E-state index in [2.05, 4.69) is 30.9 Å². The Morgan fingerprint density at radius 3 is 2.86 bits per heavy atom. The molecule has 2 aromatic heterocycles. The third kappa shape index (κ3) is 5.36. The standard InChI is InChI=1S/C19H23FN6O2S/c1-11(2)28-14-9-12(20)5-6-13(14)25-16-15-18(24-10-23-16)29-19(26-15)17(27)22-8-4-7-21-3/h5-6,9-11,21H,4,7-8H2,1-3H3,(H,22,27)(H,23,24,25). The Hall–Kier alpha value is -2.85. The van der Waals surface area contributed by atoms with Crippen LogP contribution in [0, 0.1) is 5.82 Å². The molecule has 0 atom stereocenters. The van der Waals surface area contributed by atoms with Crippen molar-refractivity contribution in [3.8, 4) is 5.75 Å². The fraction of sp³-hybridized carbons (Fsp3) is 0.368. The molecule has 0 spiro atoms. The Balaban J connectivity index is 1.84. The second-order valence-corrected chi connectivity index (χ2v) is 7.52. The first-order chi connectivity index (χ1) is 14.0. The number of benzene rings is 1. The molecule has 0 radical (unpaired) electrons. The predicted molar refractivity (Wildman–Crippen MR) is 112 cm³/mol.